The van der Waals surface area contributed by atoms with Gasteiger partial charge in [0.05, 0.1) is 0 Å². The summed E-state index contributed by atoms with van der Waals surface area (Å²) in [6, 6.07) is 0. The average molecular weight is 225 g/mol. The summed E-state index contributed by atoms with van der Waals surface area (Å²) < 4.78 is 4.95. The van der Waals surface area contributed by atoms with Crippen LogP contribution in [0.2, 0.25) is 0 Å². The molecule has 0 heterocycles. The van der Waals surface area contributed by atoms with E-state index in [1.54, 1.807) is 20.8 Å². The van der Waals surface area contributed by atoms with Crippen molar-refractivity contribution in [3.63, 3.8) is 0 Å². The lowest BCUT2D eigenvalue weighted by atomic mass is 10.2. The molecule has 0 aromatic carbocycles. The number of esters is 1. The zero-order chi connectivity index (χ0) is 12.8. The highest BCUT2D eigenvalue weighted by Crippen LogP contribution is 2.05. The molecule has 0 unspecified atom stereocenters. The molecule has 16 heavy (non-hydrogen) atoms. The van der Waals surface area contributed by atoms with Crippen LogP contribution >= 0.6 is 0 Å². The normalized spacial score (nSPS) is 10.1. The van der Waals surface area contributed by atoms with Gasteiger partial charge in [-0.15, -0.1) is 0 Å². The number of hydrogen-bond acceptors (Lipinski definition) is 3. The number of carbonyl (C=O) groups excluding carboxylic acids is 2. The zero-order valence-corrected chi connectivity index (χ0v) is 10.6. The van der Waals surface area contributed by atoms with Gasteiger partial charge in [-0.2, -0.15) is 0 Å². The lowest BCUT2D eigenvalue weighted by Crippen LogP contribution is -2.29. The third-order valence-electron chi connectivity index (χ3n) is 1.72. The van der Waals surface area contributed by atoms with Gasteiger partial charge >= 0.3 is 5.97 Å². The van der Waals surface area contributed by atoms with Gasteiger partial charge < -0.3 is 9.64 Å². The van der Waals surface area contributed by atoms with E-state index in [4.69, 9.17) is 4.74 Å². The number of hydrogen-bond donors (Lipinski definition) is 0. The van der Waals surface area contributed by atoms with Crippen molar-refractivity contribution in [2.75, 3.05) is 13.1 Å². The molecule has 0 atom stereocenters. The van der Waals surface area contributed by atoms with E-state index in [1.165, 1.54) is 4.90 Å². The molecule has 0 radical (unpaired) electrons. The van der Waals surface area contributed by atoms with Crippen LogP contribution in [0.3, 0.4) is 0 Å². The van der Waals surface area contributed by atoms with Crippen molar-refractivity contribution >= 4 is 11.9 Å². The molecule has 0 fully saturated rings. The van der Waals surface area contributed by atoms with Gasteiger partial charge in [0, 0.05) is 24.9 Å². The highest BCUT2D eigenvalue weighted by molar-refractivity contribution is 6.00. The van der Waals surface area contributed by atoms with Crippen LogP contribution < -0.4 is 0 Å². The highest BCUT2D eigenvalue weighted by Gasteiger charge is 2.14. The SMILES string of the molecule is CCN(CC)C(=O)C#CC(=O)OC(C)(C)C. The molecular weight excluding hydrogens is 206 g/mol. The van der Waals surface area contributed by atoms with E-state index in [0.29, 0.717) is 13.1 Å². The Bertz CT molecular complexity index is 313. The Kier molecular flexibility index (Phi) is 5.59. The van der Waals surface area contributed by atoms with Crippen LogP contribution in [-0.2, 0) is 14.3 Å². The van der Waals surface area contributed by atoms with E-state index in [-0.39, 0.29) is 5.91 Å². The molecule has 0 rings (SSSR count). The van der Waals surface area contributed by atoms with E-state index in [0.717, 1.165) is 0 Å². The van der Waals surface area contributed by atoms with Crippen LogP contribution in [0.4, 0.5) is 0 Å². The summed E-state index contributed by atoms with van der Waals surface area (Å²) in [6.07, 6.45) is 0. The van der Waals surface area contributed by atoms with Gasteiger partial charge in [0.1, 0.15) is 5.60 Å². The Balaban J connectivity index is 4.39. The van der Waals surface area contributed by atoms with Crippen LogP contribution in [0, 0.1) is 11.8 Å². The average Bonchev–Trinajstić information content (AvgIpc) is 2.14. The Morgan fingerprint density at radius 1 is 1.12 bits per heavy atom. The molecule has 0 saturated carbocycles. The molecule has 0 aromatic rings. The minimum atomic E-state index is -0.673. The number of rotatable bonds is 2. The smallest absolute Gasteiger partial charge is 0.385 e. The second-order valence-electron chi connectivity index (χ2n) is 4.23. The van der Waals surface area contributed by atoms with Crippen molar-refractivity contribution in [2.24, 2.45) is 0 Å². The maximum absolute atomic E-state index is 11.4. The summed E-state index contributed by atoms with van der Waals surface area (Å²) in [7, 11) is 0. The van der Waals surface area contributed by atoms with E-state index in [2.05, 4.69) is 11.8 Å². The lowest BCUT2D eigenvalue weighted by molar-refractivity contribution is -0.147. The molecule has 0 aliphatic rings. The molecule has 0 N–H and O–H groups in total. The number of nitrogens with zero attached hydrogens (tertiary/aromatic N) is 1. The van der Waals surface area contributed by atoms with Gasteiger partial charge in [0.25, 0.3) is 5.91 Å². The Hall–Kier alpha value is -1.50. The summed E-state index contributed by atoms with van der Waals surface area (Å²) in [6.45, 7) is 10.1. The topological polar surface area (TPSA) is 46.6 Å². The highest BCUT2D eigenvalue weighted by atomic mass is 16.6. The van der Waals surface area contributed by atoms with E-state index in [9.17, 15) is 9.59 Å². The van der Waals surface area contributed by atoms with E-state index in [1.807, 2.05) is 13.8 Å². The summed E-state index contributed by atoms with van der Waals surface area (Å²) >= 11 is 0. The minimum Gasteiger partial charge on any atom is -0.450 e. The maximum Gasteiger partial charge on any atom is 0.385 e. The summed E-state index contributed by atoms with van der Waals surface area (Å²) in [4.78, 5) is 24.2. The van der Waals surface area contributed by atoms with E-state index >= 15 is 0 Å². The molecule has 0 spiro atoms. The Morgan fingerprint density at radius 3 is 2.00 bits per heavy atom. The summed E-state index contributed by atoms with van der Waals surface area (Å²) in [5.41, 5.74) is -0.579. The van der Waals surface area contributed by atoms with Crippen molar-refractivity contribution < 1.29 is 14.3 Å². The van der Waals surface area contributed by atoms with Crippen LogP contribution in [0.5, 0.6) is 0 Å². The molecule has 0 aromatic heterocycles. The first-order chi connectivity index (χ1) is 7.30. The first-order valence-electron chi connectivity index (χ1n) is 5.34. The predicted octanol–water partition coefficient (Wildman–Crippen LogP) is 1.20. The van der Waals surface area contributed by atoms with Gasteiger partial charge in [-0.25, -0.2) is 4.79 Å². The van der Waals surface area contributed by atoms with Crippen LogP contribution in [-0.4, -0.2) is 35.5 Å². The third-order valence-corrected chi connectivity index (χ3v) is 1.72. The second-order valence-corrected chi connectivity index (χ2v) is 4.23. The van der Waals surface area contributed by atoms with Crippen molar-refractivity contribution in [1.82, 2.24) is 4.90 Å². The predicted molar refractivity (Wildman–Crippen MR) is 61.5 cm³/mol. The molecule has 1 amide bonds. The van der Waals surface area contributed by atoms with E-state index < -0.39 is 11.6 Å². The third kappa shape index (κ3) is 6.07. The molecule has 0 aliphatic carbocycles. The fraction of sp³-hybridized carbons (Fsp3) is 0.667. The first-order valence-corrected chi connectivity index (χ1v) is 5.34. The molecule has 4 nitrogen and oxygen atoms in total. The second kappa shape index (κ2) is 6.16. The van der Waals surface area contributed by atoms with Crippen LogP contribution in [0.15, 0.2) is 0 Å². The molecule has 0 bridgehead atoms. The quantitative estimate of drug-likeness (QED) is 0.403. The Labute approximate surface area is 96.9 Å². The lowest BCUT2D eigenvalue weighted by Gasteiger charge is -2.17. The fourth-order valence-corrected chi connectivity index (χ4v) is 0.998. The van der Waals surface area contributed by atoms with Crippen molar-refractivity contribution in [2.45, 2.75) is 40.2 Å². The minimum absolute atomic E-state index is 0.351. The Morgan fingerprint density at radius 2 is 1.62 bits per heavy atom. The van der Waals surface area contributed by atoms with Gasteiger partial charge in [-0.05, 0) is 34.6 Å². The zero-order valence-electron chi connectivity index (χ0n) is 10.6. The number of amides is 1. The number of carbonyl (C=O) groups is 2. The van der Waals surface area contributed by atoms with Crippen molar-refractivity contribution in [3.8, 4) is 11.8 Å². The largest absolute Gasteiger partial charge is 0.450 e. The molecule has 4 heteroatoms. The fourth-order valence-electron chi connectivity index (χ4n) is 0.998. The first kappa shape index (κ1) is 14.5. The van der Waals surface area contributed by atoms with Gasteiger partial charge in [-0.1, -0.05) is 0 Å². The van der Waals surface area contributed by atoms with Crippen molar-refractivity contribution in [1.29, 1.82) is 0 Å². The maximum atomic E-state index is 11.4. The summed E-state index contributed by atoms with van der Waals surface area (Å²) in [5, 5.41) is 0. The van der Waals surface area contributed by atoms with Gasteiger partial charge in [0.15, 0.2) is 0 Å². The number of ether oxygens (including phenoxy) is 1. The molecule has 0 aliphatic heterocycles. The van der Waals surface area contributed by atoms with Gasteiger partial charge in [-0.3, -0.25) is 4.79 Å². The molecule has 90 valence electrons. The monoisotopic (exact) mass is 225 g/mol. The molecular formula is C12H19NO3. The summed E-state index contributed by atoms with van der Waals surface area (Å²) in [5.74, 6) is 3.43. The van der Waals surface area contributed by atoms with Gasteiger partial charge in [0.2, 0.25) is 0 Å². The van der Waals surface area contributed by atoms with Crippen LogP contribution in [0.25, 0.3) is 0 Å². The van der Waals surface area contributed by atoms with Crippen molar-refractivity contribution in [3.05, 3.63) is 0 Å². The standard InChI is InChI=1S/C12H19NO3/c1-6-13(7-2)10(14)8-9-11(15)16-12(3,4)5/h6-7H2,1-5H3. The molecule has 0 saturated heterocycles. The van der Waals surface area contributed by atoms with Crippen LogP contribution in [0.1, 0.15) is 34.6 Å².